The minimum atomic E-state index is 0.405. The predicted octanol–water partition coefficient (Wildman–Crippen LogP) is 2.82. The van der Waals surface area contributed by atoms with Crippen molar-refractivity contribution in [3.05, 3.63) is 0 Å². The summed E-state index contributed by atoms with van der Waals surface area (Å²) in [5.74, 6) is 4.53. The van der Waals surface area contributed by atoms with E-state index in [4.69, 9.17) is 0 Å². The fourth-order valence-electron chi connectivity index (χ4n) is 7.05. The summed E-state index contributed by atoms with van der Waals surface area (Å²) in [4.78, 5) is 15.2. The number of hydrogen-bond acceptors (Lipinski definition) is 2. The minimum Gasteiger partial charge on any atom is -0.302 e. The Morgan fingerprint density at radius 2 is 2.05 bits per heavy atom. The van der Waals surface area contributed by atoms with Crippen LogP contribution in [0.15, 0.2) is 0 Å². The molecule has 0 aromatic heterocycles. The molecule has 4 rings (SSSR count). The summed E-state index contributed by atoms with van der Waals surface area (Å²) in [6, 6.07) is 0.681. The number of Topliss-reactive ketones (excluding diaryl/α,β-unsaturated/α-hetero) is 1. The maximum atomic E-state index is 12.6. The van der Waals surface area contributed by atoms with Gasteiger partial charge in [0.15, 0.2) is 0 Å². The largest absolute Gasteiger partial charge is 0.302 e. The zero-order valence-electron chi connectivity index (χ0n) is 12.7. The molecule has 3 aliphatic carbocycles. The van der Waals surface area contributed by atoms with Gasteiger partial charge in [-0.15, -0.1) is 0 Å². The average Bonchev–Trinajstić information content (AvgIpc) is 2.86. The lowest BCUT2D eigenvalue weighted by Crippen LogP contribution is -2.54. The first-order valence-electron chi connectivity index (χ1n) is 8.19. The molecule has 4 fully saturated rings. The highest BCUT2D eigenvalue weighted by Gasteiger charge is 2.69. The van der Waals surface area contributed by atoms with E-state index < -0.39 is 0 Å². The van der Waals surface area contributed by atoms with Crippen molar-refractivity contribution in [1.82, 2.24) is 4.90 Å². The first-order valence-corrected chi connectivity index (χ1v) is 8.19. The maximum absolute atomic E-state index is 12.6. The van der Waals surface area contributed by atoms with Gasteiger partial charge in [-0.2, -0.15) is 0 Å². The molecule has 0 unspecified atom stereocenters. The van der Waals surface area contributed by atoms with Gasteiger partial charge < -0.3 is 4.90 Å². The van der Waals surface area contributed by atoms with E-state index in [2.05, 4.69) is 32.7 Å². The van der Waals surface area contributed by atoms with E-state index in [1.165, 1.54) is 19.4 Å². The van der Waals surface area contributed by atoms with Gasteiger partial charge in [-0.1, -0.05) is 20.8 Å². The molecule has 7 atom stereocenters. The Morgan fingerprint density at radius 3 is 2.74 bits per heavy atom. The van der Waals surface area contributed by atoms with Crippen LogP contribution >= 0.6 is 0 Å². The number of carbonyl (C=O) groups is 1. The molecular formula is C17H27NO. The molecule has 2 bridgehead atoms. The highest BCUT2D eigenvalue weighted by molar-refractivity contribution is 5.85. The molecule has 106 valence electrons. The lowest BCUT2D eigenvalue weighted by Gasteiger charge is -2.51. The SMILES string of the molecule is CC(C)[C@@H]1[C@H]2CC(=O)[C@@H]1[C@@H]1CC[C@@H]3CN(C)[C@H]2[C@@]31C. The van der Waals surface area contributed by atoms with Crippen molar-refractivity contribution < 1.29 is 4.79 Å². The highest BCUT2D eigenvalue weighted by atomic mass is 16.1. The second-order valence-electron chi connectivity index (χ2n) is 8.31. The third-order valence-corrected chi connectivity index (χ3v) is 7.45. The van der Waals surface area contributed by atoms with Crippen LogP contribution in [-0.2, 0) is 4.79 Å². The standard InChI is InChI=1S/C17H27NO/c1-9(2)14-11-7-13(19)15(14)12-6-5-10-8-18(4)16(11)17(10,12)3/h9-12,14-16H,5-8H2,1-4H3/t10-,11-,12+,14-,15+,16-,17+/m1/s1. The summed E-state index contributed by atoms with van der Waals surface area (Å²) in [5.41, 5.74) is 0.446. The van der Waals surface area contributed by atoms with Crippen molar-refractivity contribution >= 4 is 5.78 Å². The van der Waals surface area contributed by atoms with E-state index in [0.717, 1.165) is 12.3 Å². The summed E-state index contributed by atoms with van der Waals surface area (Å²) >= 11 is 0. The lowest BCUT2D eigenvalue weighted by atomic mass is 9.54. The van der Waals surface area contributed by atoms with Crippen LogP contribution in [0.5, 0.6) is 0 Å². The number of carbonyl (C=O) groups excluding carboxylic acids is 1. The smallest absolute Gasteiger partial charge is 0.136 e. The zero-order chi connectivity index (χ0) is 13.5. The number of rotatable bonds is 1. The third-order valence-electron chi connectivity index (χ3n) is 7.45. The van der Waals surface area contributed by atoms with Gasteiger partial charge in [0, 0.05) is 24.9 Å². The number of nitrogens with zero attached hydrogens (tertiary/aromatic N) is 1. The molecule has 0 aromatic carbocycles. The molecule has 1 saturated heterocycles. The molecule has 3 saturated carbocycles. The number of fused-ring (bicyclic) bond motifs is 4. The van der Waals surface area contributed by atoms with Crippen molar-refractivity contribution in [3.8, 4) is 0 Å². The van der Waals surface area contributed by atoms with E-state index in [0.29, 0.717) is 46.8 Å². The fraction of sp³-hybridized carbons (Fsp3) is 0.941. The summed E-state index contributed by atoms with van der Waals surface area (Å²) in [5, 5.41) is 0. The Bertz CT molecular complexity index is 431. The Balaban J connectivity index is 1.85. The van der Waals surface area contributed by atoms with Gasteiger partial charge in [0.05, 0.1) is 0 Å². The summed E-state index contributed by atoms with van der Waals surface area (Å²) in [6.45, 7) is 8.49. The highest BCUT2D eigenvalue weighted by Crippen LogP contribution is 2.68. The van der Waals surface area contributed by atoms with Gasteiger partial charge in [-0.05, 0) is 54.9 Å². The second kappa shape index (κ2) is 3.63. The van der Waals surface area contributed by atoms with Gasteiger partial charge in [-0.25, -0.2) is 0 Å². The zero-order valence-corrected chi connectivity index (χ0v) is 12.7. The molecule has 0 N–H and O–H groups in total. The van der Waals surface area contributed by atoms with Crippen LogP contribution in [0.3, 0.4) is 0 Å². The first-order chi connectivity index (χ1) is 8.96. The molecule has 19 heavy (non-hydrogen) atoms. The summed E-state index contributed by atoms with van der Waals surface area (Å²) in [7, 11) is 2.31. The van der Waals surface area contributed by atoms with E-state index in [-0.39, 0.29) is 0 Å². The molecule has 2 nitrogen and oxygen atoms in total. The van der Waals surface area contributed by atoms with Crippen molar-refractivity contribution in [2.75, 3.05) is 13.6 Å². The quantitative estimate of drug-likeness (QED) is 0.723. The van der Waals surface area contributed by atoms with Crippen molar-refractivity contribution in [2.24, 2.45) is 40.9 Å². The van der Waals surface area contributed by atoms with Crippen LogP contribution in [0.1, 0.15) is 40.0 Å². The number of ketones is 1. The molecular weight excluding hydrogens is 234 g/mol. The molecule has 1 heterocycles. The van der Waals surface area contributed by atoms with Crippen molar-refractivity contribution in [2.45, 2.75) is 46.1 Å². The van der Waals surface area contributed by atoms with E-state index in [1.54, 1.807) is 0 Å². The summed E-state index contributed by atoms with van der Waals surface area (Å²) in [6.07, 6.45) is 3.56. The maximum Gasteiger partial charge on any atom is 0.136 e. The third kappa shape index (κ3) is 1.25. The second-order valence-corrected chi connectivity index (χ2v) is 8.31. The van der Waals surface area contributed by atoms with Gasteiger partial charge >= 0.3 is 0 Å². The Labute approximate surface area is 116 Å². The molecule has 0 amide bonds. The number of likely N-dealkylation sites (tertiary alicyclic amines) is 1. The summed E-state index contributed by atoms with van der Waals surface area (Å²) < 4.78 is 0. The monoisotopic (exact) mass is 261 g/mol. The fourth-order valence-corrected chi connectivity index (χ4v) is 7.05. The molecule has 0 spiro atoms. The topological polar surface area (TPSA) is 20.3 Å². The molecule has 0 aromatic rings. The molecule has 4 aliphatic rings. The average molecular weight is 261 g/mol. The van der Waals surface area contributed by atoms with Crippen molar-refractivity contribution in [1.29, 1.82) is 0 Å². The molecule has 0 radical (unpaired) electrons. The van der Waals surface area contributed by atoms with E-state index in [9.17, 15) is 4.79 Å². The Hall–Kier alpha value is -0.370. The van der Waals surface area contributed by atoms with Crippen LogP contribution in [0, 0.1) is 40.9 Å². The van der Waals surface area contributed by atoms with Crippen LogP contribution in [0.4, 0.5) is 0 Å². The van der Waals surface area contributed by atoms with Gasteiger partial charge in [0.25, 0.3) is 0 Å². The Kier molecular flexibility index (Phi) is 2.37. The molecule has 2 heteroatoms. The van der Waals surface area contributed by atoms with Crippen LogP contribution < -0.4 is 0 Å². The predicted molar refractivity (Wildman–Crippen MR) is 75.7 cm³/mol. The van der Waals surface area contributed by atoms with E-state index in [1.807, 2.05) is 0 Å². The van der Waals surface area contributed by atoms with Gasteiger partial charge in [0.1, 0.15) is 5.78 Å². The van der Waals surface area contributed by atoms with Gasteiger partial charge in [-0.3, -0.25) is 4.79 Å². The van der Waals surface area contributed by atoms with Crippen LogP contribution in [-0.4, -0.2) is 30.3 Å². The lowest BCUT2D eigenvalue weighted by molar-refractivity contribution is -0.125. The van der Waals surface area contributed by atoms with Crippen molar-refractivity contribution in [3.63, 3.8) is 0 Å². The van der Waals surface area contributed by atoms with E-state index >= 15 is 0 Å². The van der Waals surface area contributed by atoms with Crippen LogP contribution in [0.2, 0.25) is 0 Å². The van der Waals surface area contributed by atoms with Crippen LogP contribution in [0.25, 0.3) is 0 Å². The first kappa shape index (κ1) is 12.4. The Morgan fingerprint density at radius 1 is 1.32 bits per heavy atom. The number of hydrogen-bond donors (Lipinski definition) is 0. The minimum absolute atomic E-state index is 0.405. The molecule has 1 aliphatic heterocycles. The van der Waals surface area contributed by atoms with Gasteiger partial charge in [0.2, 0.25) is 0 Å². The normalized spacial score (nSPS) is 56.2.